The van der Waals surface area contributed by atoms with Crippen LogP contribution in [0.1, 0.15) is 71.2 Å². The molecule has 0 radical (unpaired) electrons. The Morgan fingerprint density at radius 1 is 1.05 bits per heavy atom. The highest BCUT2D eigenvalue weighted by molar-refractivity contribution is 5.93. The number of hydrazine groups is 1. The Bertz CT molecular complexity index is 1310. The van der Waals surface area contributed by atoms with E-state index in [2.05, 4.69) is 21.0 Å². The number of ether oxygens (including phenoxy) is 1. The van der Waals surface area contributed by atoms with Crippen LogP contribution in [-0.4, -0.2) is 58.4 Å². The van der Waals surface area contributed by atoms with Gasteiger partial charge in [0.1, 0.15) is 24.2 Å². The van der Waals surface area contributed by atoms with Crippen molar-refractivity contribution in [2.45, 2.75) is 78.1 Å². The van der Waals surface area contributed by atoms with Crippen LogP contribution >= 0.6 is 0 Å². The number of amides is 3. The van der Waals surface area contributed by atoms with Crippen molar-refractivity contribution in [1.82, 2.24) is 26.1 Å². The molecular weight excluding hydrogens is 510 g/mol. The number of aromatic nitrogens is 1. The van der Waals surface area contributed by atoms with E-state index in [4.69, 9.17) is 4.74 Å². The van der Waals surface area contributed by atoms with Gasteiger partial charge in [-0.25, -0.2) is 5.43 Å². The highest BCUT2D eigenvalue weighted by Crippen LogP contribution is 2.25. The minimum absolute atomic E-state index is 0.208. The van der Waals surface area contributed by atoms with Gasteiger partial charge in [0, 0.05) is 18.1 Å². The summed E-state index contributed by atoms with van der Waals surface area (Å²) in [5, 5.41) is 8.86. The predicted molar refractivity (Wildman–Crippen MR) is 151 cm³/mol. The average Bonchev–Trinajstić information content (AvgIpc) is 2.94. The molecule has 2 aliphatic rings. The molecule has 40 heavy (non-hydrogen) atoms. The Kier molecular flexibility index (Phi) is 9.19. The fraction of sp³-hybridized carbons (Fsp3) is 0.500. The van der Waals surface area contributed by atoms with Crippen molar-refractivity contribution in [2.75, 3.05) is 6.54 Å². The Labute approximate surface area is 234 Å². The van der Waals surface area contributed by atoms with E-state index in [1.807, 2.05) is 52.0 Å². The predicted octanol–water partition coefficient (Wildman–Crippen LogP) is 3.03. The van der Waals surface area contributed by atoms with E-state index in [1.54, 1.807) is 25.3 Å². The maximum absolute atomic E-state index is 13.2. The minimum Gasteiger partial charge on any atom is -0.457 e. The first kappa shape index (κ1) is 29.2. The summed E-state index contributed by atoms with van der Waals surface area (Å²) in [7, 11) is 0. The van der Waals surface area contributed by atoms with Gasteiger partial charge in [-0.2, -0.15) is 0 Å². The lowest BCUT2D eigenvalue weighted by atomic mass is 9.99. The Hall–Kier alpha value is -3.79. The SMILES string of the molecule is CC[C@@H]1C=Cc2cc3cc(ccc3cn2)[C@@H](C)OC(=O)[C@@H]2CCCN(N2)C(=O)[C@H](C)NC(=O)[C@H](C(C)C)NC1=O. The van der Waals surface area contributed by atoms with Gasteiger partial charge < -0.3 is 15.4 Å². The second-order valence-electron chi connectivity index (χ2n) is 10.9. The van der Waals surface area contributed by atoms with Crippen molar-refractivity contribution >= 4 is 40.5 Å². The number of carbonyl (C=O) groups is 4. The van der Waals surface area contributed by atoms with Crippen molar-refractivity contribution in [1.29, 1.82) is 0 Å². The molecule has 3 amide bonds. The van der Waals surface area contributed by atoms with Gasteiger partial charge >= 0.3 is 5.97 Å². The number of hydrogen-bond donors (Lipinski definition) is 3. The number of hydrogen-bond acceptors (Lipinski definition) is 7. The van der Waals surface area contributed by atoms with E-state index in [0.29, 0.717) is 31.5 Å². The van der Waals surface area contributed by atoms with Crippen LogP contribution in [0.3, 0.4) is 0 Å². The summed E-state index contributed by atoms with van der Waals surface area (Å²) < 4.78 is 5.80. The first-order valence-corrected chi connectivity index (χ1v) is 14.0. The number of benzene rings is 1. The zero-order chi connectivity index (χ0) is 29.0. The van der Waals surface area contributed by atoms with Crippen molar-refractivity contribution < 1.29 is 23.9 Å². The number of esters is 1. The maximum Gasteiger partial charge on any atom is 0.325 e. The molecule has 214 valence electrons. The summed E-state index contributed by atoms with van der Waals surface area (Å²) in [6.07, 6.45) is 6.52. The lowest BCUT2D eigenvalue weighted by Gasteiger charge is -2.35. The van der Waals surface area contributed by atoms with Crippen molar-refractivity contribution in [3.05, 3.63) is 47.8 Å². The number of nitrogens with zero attached hydrogens (tertiary/aromatic N) is 2. The molecular formula is C30H39N5O5. The smallest absolute Gasteiger partial charge is 0.325 e. The number of rotatable bonds is 2. The molecule has 1 aromatic heterocycles. The van der Waals surface area contributed by atoms with E-state index in [1.165, 1.54) is 5.01 Å². The summed E-state index contributed by atoms with van der Waals surface area (Å²) in [4.78, 5) is 57.1. The van der Waals surface area contributed by atoms with E-state index < -0.39 is 42.0 Å². The zero-order valence-corrected chi connectivity index (χ0v) is 23.8. The summed E-state index contributed by atoms with van der Waals surface area (Å²) >= 11 is 0. The van der Waals surface area contributed by atoms with Crippen LogP contribution in [0.25, 0.3) is 16.8 Å². The topological polar surface area (TPSA) is 130 Å². The van der Waals surface area contributed by atoms with E-state index >= 15 is 0 Å². The van der Waals surface area contributed by atoms with Crippen LogP contribution in [0.4, 0.5) is 0 Å². The van der Waals surface area contributed by atoms with Crippen LogP contribution in [0.15, 0.2) is 36.5 Å². The first-order valence-electron chi connectivity index (χ1n) is 14.0. The van der Waals surface area contributed by atoms with E-state index in [9.17, 15) is 19.2 Å². The third-order valence-corrected chi connectivity index (χ3v) is 7.52. The lowest BCUT2D eigenvalue weighted by Crippen LogP contribution is -2.61. The van der Waals surface area contributed by atoms with Crippen LogP contribution < -0.4 is 16.1 Å². The van der Waals surface area contributed by atoms with Gasteiger partial charge in [-0.3, -0.25) is 29.2 Å². The number of cyclic esters (lactones) is 1. The van der Waals surface area contributed by atoms with E-state index in [0.717, 1.165) is 16.3 Å². The molecule has 1 saturated heterocycles. The van der Waals surface area contributed by atoms with Crippen LogP contribution in [0.5, 0.6) is 0 Å². The molecule has 5 atom stereocenters. The van der Waals surface area contributed by atoms with Gasteiger partial charge in [0.15, 0.2) is 0 Å². The summed E-state index contributed by atoms with van der Waals surface area (Å²) in [6, 6.07) is 5.35. The molecule has 3 heterocycles. The second-order valence-corrected chi connectivity index (χ2v) is 10.9. The molecule has 10 nitrogen and oxygen atoms in total. The Morgan fingerprint density at radius 3 is 2.55 bits per heavy atom. The van der Waals surface area contributed by atoms with Crippen LogP contribution in [0, 0.1) is 11.8 Å². The van der Waals surface area contributed by atoms with Gasteiger partial charge in [-0.1, -0.05) is 39.0 Å². The highest BCUT2D eigenvalue weighted by atomic mass is 16.5. The van der Waals surface area contributed by atoms with Gasteiger partial charge in [0.05, 0.1) is 11.6 Å². The second kappa shape index (κ2) is 12.6. The number of pyridine rings is 1. The molecule has 10 heteroatoms. The summed E-state index contributed by atoms with van der Waals surface area (Å²) in [5.74, 6) is -2.21. The fourth-order valence-electron chi connectivity index (χ4n) is 4.98. The molecule has 0 saturated carbocycles. The Morgan fingerprint density at radius 2 is 1.82 bits per heavy atom. The molecule has 0 unspecified atom stereocenters. The molecule has 0 aliphatic carbocycles. The molecule has 1 aromatic carbocycles. The zero-order valence-electron chi connectivity index (χ0n) is 23.8. The van der Waals surface area contributed by atoms with Gasteiger partial charge in [-0.15, -0.1) is 0 Å². The lowest BCUT2D eigenvalue weighted by molar-refractivity contribution is -0.157. The summed E-state index contributed by atoms with van der Waals surface area (Å²) in [6.45, 7) is 9.39. The third-order valence-electron chi connectivity index (χ3n) is 7.52. The van der Waals surface area contributed by atoms with Crippen molar-refractivity contribution in [3.8, 4) is 0 Å². The number of fused-ring (bicyclic) bond motifs is 4. The molecule has 3 N–H and O–H groups in total. The fourth-order valence-corrected chi connectivity index (χ4v) is 4.98. The summed E-state index contributed by atoms with van der Waals surface area (Å²) in [5.41, 5.74) is 4.50. The highest BCUT2D eigenvalue weighted by Gasteiger charge is 2.34. The van der Waals surface area contributed by atoms with Crippen LogP contribution in [0.2, 0.25) is 0 Å². The Balaban J connectivity index is 1.69. The van der Waals surface area contributed by atoms with Gasteiger partial charge in [0.25, 0.3) is 5.91 Å². The average molecular weight is 550 g/mol. The molecule has 2 aromatic rings. The monoisotopic (exact) mass is 549 g/mol. The van der Waals surface area contributed by atoms with E-state index in [-0.39, 0.29) is 17.7 Å². The minimum atomic E-state index is -0.869. The van der Waals surface area contributed by atoms with Crippen LogP contribution in [-0.2, 0) is 23.9 Å². The molecule has 1 fully saturated rings. The van der Waals surface area contributed by atoms with Crippen molar-refractivity contribution in [2.24, 2.45) is 11.8 Å². The third kappa shape index (κ3) is 6.67. The number of carbonyl (C=O) groups excluding carboxylic acids is 4. The largest absolute Gasteiger partial charge is 0.457 e. The molecule has 0 spiro atoms. The van der Waals surface area contributed by atoms with Gasteiger partial charge in [-0.05, 0) is 68.2 Å². The number of nitrogens with one attached hydrogen (secondary N) is 3. The molecule has 2 aliphatic heterocycles. The maximum atomic E-state index is 13.2. The first-order chi connectivity index (χ1) is 19.1. The van der Waals surface area contributed by atoms with Gasteiger partial charge in [0.2, 0.25) is 11.8 Å². The molecule has 5 bridgehead atoms. The molecule has 4 rings (SSSR count). The standard InChI is InChI=1S/C30H39N5O5/c1-6-20-11-12-24-15-23-14-21(9-10-22(23)16-31-24)19(5)40-30(39)25-8-7-13-35(34-25)29(38)18(4)32-28(37)26(17(2)3)33-27(20)36/h9-12,14-20,25-26,34H,6-8,13H2,1-5H3,(H,32,37)(H,33,36)/t18-,19+,20+,25-,26-/m0/s1. The normalized spacial score (nSPS) is 26.9. The van der Waals surface area contributed by atoms with Crippen molar-refractivity contribution in [3.63, 3.8) is 0 Å². The quantitative estimate of drug-likeness (QED) is 0.491.